The molecule has 0 bridgehead atoms. The van der Waals surface area contributed by atoms with Crippen LogP contribution in [0.3, 0.4) is 0 Å². The van der Waals surface area contributed by atoms with Crippen LogP contribution < -0.4 is 5.73 Å². The lowest BCUT2D eigenvalue weighted by Gasteiger charge is -2.24. The van der Waals surface area contributed by atoms with Crippen molar-refractivity contribution in [3.63, 3.8) is 0 Å². The van der Waals surface area contributed by atoms with Crippen LogP contribution in [0.2, 0.25) is 0 Å². The molecule has 1 atom stereocenters. The second-order valence-electron chi connectivity index (χ2n) is 5.42. The summed E-state index contributed by atoms with van der Waals surface area (Å²) in [5.41, 5.74) is 6.47. The van der Waals surface area contributed by atoms with E-state index in [-0.39, 0.29) is 6.04 Å². The molecule has 1 aliphatic carbocycles. The predicted molar refractivity (Wildman–Crippen MR) is 69.2 cm³/mol. The minimum absolute atomic E-state index is 0.0654. The van der Waals surface area contributed by atoms with Gasteiger partial charge in [0.05, 0.1) is 0 Å². The molecule has 18 heavy (non-hydrogen) atoms. The molecule has 0 spiro atoms. The number of benzene rings is 1. The highest BCUT2D eigenvalue weighted by molar-refractivity contribution is 5.19. The molecule has 0 radical (unpaired) electrons. The maximum absolute atomic E-state index is 13.5. The van der Waals surface area contributed by atoms with E-state index < -0.39 is 11.6 Å². The summed E-state index contributed by atoms with van der Waals surface area (Å²) in [6.07, 6.45) is 7.72. The van der Waals surface area contributed by atoms with Crippen molar-refractivity contribution in [1.82, 2.24) is 0 Å². The van der Waals surface area contributed by atoms with Crippen molar-refractivity contribution < 1.29 is 8.78 Å². The topological polar surface area (TPSA) is 26.0 Å². The van der Waals surface area contributed by atoms with E-state index in [0.717, 1.165) is 12.5 Å². The SMILES string of the molecule is NC(Cc1cccc(F)c1F)CC1CCCCC1. The summed E-state index contributed by atoms with van der Waals surface area (Å²) < 4.78 is 26.6. The molecular weight excluding hydrogens is 232 g/mol. The molecule has 0 saturated heterocycles. The van der Waals surface area contributed by atoms with Crippen LogP contribution in [0, 0.1) is 17.6 Å². The molecule has 0 heterocycles. The normalized spacial score (nSPS) is 18.8. The molecule has 1 unspecified atom stereocenters. The monoisotopic (exact) mass is 253 g/mol. The highest BCUT2D eigenvalue weighted by Crippen LogP contribution is 2.27. The van der Waals surface area contributed by atoms with Crippen LogP contribution >= 0.6 is 0 Å². The first-order valence-corrected chi connectivity index (χ1v) is 6.85. The number of hydrogen-bond donors (Lipinski definition) is 1. The predicted octanol–water partition coefficient (Wildman–Crippen LogP) is 3.81. The van der Waals surface area contributed by atoms with Gasteiger partial charge in [-0.2, -0.15) is 0 Å². The molecule has 0 amide bonds. The molecule has 100 valence electrons. The molecule has 1 saturated carbocycles. The standard InChI is InChI=1S/C15H21F2N/c16-14-8-4-7-12(15(14)17)10-13(18)9-11-5-2-1-3-6-11/h4,7-8,11,13H,1-3,5-6,9-10,18H2. The van der Waals surface area contributed by atoms with Gasteiger partial charge < -0.3 is 5.73 Å². The molecule has 2 rings (SSSR count). The lowest BCUT2D eigenvalue weighted by molar-refractivity contribution is 0.315. The number of hydrogen-bond acceptors (Lipinski definition) is 1. The molecule has 0 aliphatic heterocycles. The molecule has 2 N–H and O–H groups in total. The molecule has 1 aromatic rings. The summed E-state index contributed by atoms with van der Waals surface area (Å²) in [7, 11) is 0. The van der Waals surface area contributed by atoms with Crippen molar-refractivity contribution in [3.8, 4) is 0 Å². The zero-order valence-corrected chi connectivity index (χ0v) is 10.7. The Bertz CT molecular complexity index is 386. The summed E-state index contributed by atoms with van der Waals surface area (Å²) in [6.45, 7) is 0. The third-order valence-electron chi connectivity index (χ3n) is 3.87. The first kappa shape index (κ1) is 13.5. The van der Waals surface area contributed by atoms with Crippen molar-refractivity contribution in [3.05, 3.63) is 35.4 Å². The van der Waals surface area contributed by atoms with Crippen LogP contribution in [0.25, 0.3) is 0 Å². The van der Waals surface area contributed by atoms with Gasteiger partial charge in [0, 0.05) is 6.04 Å². The van der Waals surface area contributed by atoms with Crippen LogP contribution in [0.5, 0.6) is 0 Å². The van der Waals surface area contributed by atoms with Crippen molar-refractivity contribution >= 4 is 0 Å². The van der Waals surface area contributed by atoms with Gasteiger partial charge in [-0.1, -0.05) is 44.2 Å². The van der Waals surface area contributed by atoms with E-state index in [2.05, 4.69) is 0 Å². The summed E-state index contributed by atoms with van der Waals surface area (Å²) in [5, 5.41) is 0. The Hall–Kier alpha value is -0.960. The zero-order chi connectivity index (χ0) is 13.0. The minimum atomic E-state index is -0.780. The van der Waals surface area contributed by atoms with Gasteiger partial charge in [-0.15, -0.1) is 0 Å². The Morgan fingerprint density at radius 1 is 1.17 bits per heavy atom. The van der Waals surface area contributed by atoms with Gasteiger partial charge in [0.1, 0.15) is 0 Å². The summed E-state index contributed by atoms with van der Waals surface area (Å²) in [5.74, 6) is -0.848. The van der Waals surface area contributed by atoms with Crippen molar-refractivity contribution in [2.45, 2.75) is 51.0 Å². The number of nitrogens with two attached hydrogens (primary N) is 1. The molecule has 3 heteroatoms. The third kappa shape index (κ3) is 3.52. The van der Waals surface area contributed by atoms with Crippen LogP contribution in [0.15, 0.2) is 18.2 Å². The Balaban J connectivity index is 1.90. The van der Waals surface area contributed by atoms with E-state index in [1.807, 2.05) is 0 Å². The largest absolute Gasteiger partial charge is 0.327 e. The van der Waals surface area contributed by atoms with Gasteiger partial charge in [-0.25, -0.2) is 8.78 Å². The van der Waals surface area contributed by atoms with Crippen LogP contribution in [-0.4, -0.2) is 6.04 Å². The van der Waals surface area contributed by atoms with Crippen molar-refractivity contribution in [2.75, 3.05) is 0 Å². The Morgan fingerprint density at radius 3 is 2.61 bits per heavy atom. The average molecular weight is 253 g/mol. The quantitative estimate of drug-likeness (QED) is 0.867. The van der Waals surface area contributed by atoms with E-state index >= 15 is 0 Å². The minimum Gasteiger partial charge on any atom is -0.327 e. The summed E-state index contributed by atoms with van der Waals surface area (Å²) in [6, 6.07) is 4.25. The van der Waals surface area contributed by atoms with E-state index in [4.69, 9.17) is 5.73 Å². The first-order chi connectivity index (χ1) is 8.66. The number of halogens is 2. The second-order valence-corrected chi connectivity index (χ2v) is 5.42. The van der Waals surface area contributed by atoms with E-state index in [0.29, 0.717) is 17.9 Å². The van der Waals surface area contributed by atoms with Gasteiger partial charge in [0.2, 0.25) is 0 Å². The molecule has 0 aromatic heterocycles. The van der Waals surface area contributed by atoms with Crippen molar-refractivity contribution in [1.29, 1.82) is 0 Å². The highest BCUT2D eigenvalue weighted by Gasteiger charge is 2.18. The summed E-state index contributed by atoms with van der Waals surface area (Å²) >= 11 is 0. The summed E-state index contributed by atoms with van der Waals surface area (Å²) in [4.78, 5) is 0. The van der Waals surface area contributed by atoms with Crippen LogP contribution in [0.1, 0.15) is 44.1 Å². The van der Waals surface area contributed by atoms with Gasteiger partial charge in [-0.05, 0) is 30.4 Å². The van der Waals surface area contributed by atoms with Gasteiger partial charge in [-0.3, -0.25) is 0 Å². The zero-order valence-electron chi connectivity index (χ0n) is 10.7. The lowest BCUT2D eigenvalue weighted by Crippen LogP contribution is -2.27. The molecule has 1 aliphatic rings. The van der Waals surface area contributed by atoms with E-state index in [9.17, 15) is 8.78 Å². The maximum atomic E-state index is 13.5. The Kier molecular flexibility index (Phi) is 4.70. The maximum Gasteiger partial charge on any atom is 0.162 e. The molecular formula is C15H21F2N. The Labute approximate surface area is 107 Å². The molecule has 1 fully saturated rings. The van der Waals surface area contributed by atoms with Crippen LogP contribution in [0.4, 0.5) is 8.78 Å². The fraction of sp³-hybridized carbons (Fsp3) is 0.600. The third-order valence-corrected chi connectivity index (χ3v) is 3.87. The smallest absolute Gasteiger partial charge is 0.162 e. The molecule has 1 nitrogen and oxygen atoms in total. The van der Waals surface area contributed by atoms with Gasteiger partial charge >= 0.3 is 0 Å². The second kappa shape index (κ2) is 6.28. The number of rotatable bonds is 4. The molecule has 1 aromatic carbocycles. The van der Waals surface area contributed by atoms with E-state index in [1.54, 1.807) is 12.1 Å². The van der Waals surface area contributed by atoms with Gasteiger partial charge in [0.15, 0.2) is 11.6 Å². The fourth-order valence-electron chi connectivity index (χ4n) is 2.92. The Morgan fingerprint density at radius 2 is 1.89 bits per heavy atom. The van der Waals surface area contributed by atoms with Crippen LogP contribution in [-0.2, 0) is 6.42 Å². The lowest BCUT2D eigenvalue weighted by atomic mass is 9.84. The highest BCUT2D eigenvalue weighted by atomic mass is 19.2. The average Bonchev–Trinajstić information content (AvgIpc) is 2.36. The first-order valence-electron chi connectivity index (χ1n) is 6.85. The van der Waals surface area contributed by atoms with Gasteiger partial charge in [0.25, 0.3) is 0 Å². The van der Waals surface area contributed by atoms with Crippen molar-refractivity contribution in [2.24, 2.45) is 11.7 Å². The van der Waals surface area contributed by atoms with E-state index in [1.165, 1.54) is 32.1 Å². The fourth-order valence-corrected chi connectivity index (χ4v) is 2.92.